The number of fused-ring (bicyclic) bond motifs is 2. The van der Waals surface area contributed by atoms with Crippen molar-refractivity contribution in [2.24, 2.45) is 0 Å². The number of phenols is 2. The minimum absolute atomic E-state index is 0.104. The van der Waals surface area contributed by atoms with Crippen molar-refractivity contribution in [1.29, 1.82) is 0 Å². The fraction of sp³-hybridized carbons (Fsp3) is 0.526. The molecule has 1 aliphatic carbocycles. The summed E-state index contributed by atoms with van der Waals surface area (Å²) < 4.78 is 0. The van der Waals surface area contributed by atoms with Gasteiger partial charge in [-0.25, -0.2) is 0 Å². The molecule has 0 radical (unpaired) electrons. The van der Waals surface area contributed by atoms with Crippen LogP contribution in [-0.2, 0) is 12.8 Å². The number of aromatic nitrogens is 1. The van der Waals surface area contributed by atoms with Gasteiger partial charge >= 0.3 is 0 Å². The first-order valence-corrected chi connectivity index (χ1v) is 9.13. The molecule has 6 heteroatoms. The summed E-state index contributed by atoms with van der Waals surface area (Å²) in [5, 5.41) is 33.5. The predicted molar refractivity (Wildman–Crippen MR) is 97.3 cm³/mol. The van der Waals surface area contributed by atoms with E-state index in [9.17, 15) is 10.2 Å². The van der Waals surface area contributed by atoms with Gasteiger partial charge in [0.1, 0.15) is 0 Å². The van der Waals surface area contributed by atoms with Gasteiger partial charge in [-0.1, -0.05) is 0 Å². The van der Waals surface area contributed by atoms with Gasteiger partial charge in [0, 0.05) is 48.5 Å². The van der Waals surface area contributed by atoms with Crippen molar-refractivity contribution in [2.75, 3.05) is 31.6 Å². The van der Waals surface area contributed by atoms with Crippen molar-refractivity contribution in [3.05, 3.63) is 23.4 Å². The molecule has 4 rings (SSSR count). The third-order valence-electron chi connectivity index (χ3n) is 5.46. The zero-order valence-electron chi connectivity index (χ0n) is 14.3. The molecule has 1 aliphatic heterocycles. The molecule has 134 valence electrons. The third kappa shape index (κ3) is 3.12. The van der Waals surface area contributed by atoms with Gasteiger partial charge in [-0.05, 0) is 43.7 Å². The predicted octanol–water partition coefficient (Wildman–Crippen LogP) is 2.00. The van der Waals surface area contributed by atoms with Crippen LogP contribution in [0.4, 0.5) is 5.69 Å². The number of nitrogens with one attached hydrogen (secondary N) is 1. The molecule has 0 unspecified atom stereocenters. The molecule has 1 aromatic carbocycles. The highest BCUT2D eigenvalue weighted by Crippen LogP contribution is 2.39. The van der Waals surface area contributed by atoms with E-state index in [1.54, 1.807) is 12.1 Å². The number of aromatic hydroxyl groups is 2. The number of hydrogen-bond donors (Lipinski definition) is 4. The smallest absolute Gasteiger partial charge is 0.159 e. The number of aliphatic hydroxyl groups excluding tert-OH is 1. The maximum Gasteiger partial charge on any atom is 0.159 e. The lowest BCUT2D eigenvalue weighted by atomic mass is 10.0. The van der Waals surface area contributed by atoms with E-state index in [0.29, 0.717) is 6.04 Å². The number of β-amino-alcohol motifs (C(OH)–C–C–N with tert-alkyl or cyclic N) is 1. The van der Waals surface area contributed by atoms with Gasteiger partial charge in [0.25, 0.3) is 0 Å². The van der Waals surface area contributed by atoms with E-state index < -0.39 is 0 Å². The van der Waals surface area contributed by atoms with E-state index in [4.69, 9.17) is 10.1 Å². The molecule has 1 aromatic heterocycles. The second-order valence-corrected chi connectivity index (χ2v) is 7.11. The number of aryl methyl sites for hydroxylation is 1. The van der Waals surface area contributed by atoms with Crippen molar-refractivity contribution in [1.82, 2.24) is 9.88 Å². The van der Waals surface area contributed by atoms with Gasteiger partial charge in [-0.15, -0.1) is 0 Å². The number of benzene rings is 1. The lowest BCUT2D eigenvalue weighted by Crippen LogP contribution is -2.40. The zero-order chi connectivity index (χ0) is 17.4. The Balaban J connectivity index is 1.65. The van der Waals surface area contributed by atoms with E-state index in [1.807, 2.05) is 0 Å². The van der Waals surface area contributed by atoms with Crippen LogP contribution < -0.4 is 5.32 Å². The average Bonchev–Trinajstić information content (AvgIpc) is 3.06. The zero-order valence-corrected chi connectivity index (χ0v) is 14.3. The molecule has 1 saturated heterocycles. The van der Waals surface area contributed by atoms with Crippen molar-refractivity contribution in [2.45, 2.75) is 38.1 Å². The molecule has 0 bridgehead atoms. The van der Waals surface area contributed by atoms with Gasteiger partial charge in [0.2, 0.25) is 0 Å². The number of piperidine rings is 1. The second kappa shape index (κ2) is 6.69. The number of rotatable bonds is 4. The highest BCUT2D eigenvalue weighted by atomic mass is 16.3. The van der Waals surface area contributed by atoms with Crippen LogP contribution in [0.5, 0.6) is 11.5 Å². The molecule has 2 aliphatic rings. The van der Waals surface area contributed by atoms with Gasteiger partial charge in [-0.3, -0.25) is 4.98 Å². The van der Waals surface area contributed by atoms with Crippen molar-refractivity contribution < 1.29 is 15.3 Å². The Labute approximate surface area is 147 Å². The normalized spacial score (nSPS) is 18.6. The molecule has 2 aromatic rings. The van der Waals surface area contributed by atoms with Crippen molar-refractivity contribution in [3.8, 4) is 11.5 Å². The number of hydrogen-bond acceptors (Lipinski definition) is 6. The second-order valence-electron chi connectivity index (χ2n) is 7.11. The highest BCUT2D eigenvalue weighted by molar-refractivity contribution is 5.96. The van der Waals surface area contributed by atoms with E-state index in [1.165, 1.54) is 5.56 Å². The first kappa shape index (κ1) is 16.4. The summed E-state index contributed by atoms with van der Waals surface area (Å²) in [5.74, 6) is -0.228. The Kier molecular flexibility index (Phi) is 4.39. The van der Waals surface area contributed by atoms with Crippen LogP contribution in [0.25, 0.3) is 10.9 Å². The summed E-state index contributed by atoms with van der Waals surface area (Å²) in [4.78, 5) is 6.99. The minimum atomic E-state index is -0.124. The van der Waals surface area contributed by atoms with Crippen LogP contribution in [0.3, 0.4) is 0 Å². The highest BCUT2D eigenvalue weighted by Gasteiger charge is 2.24. The molecule has 0 amide bonds. The SMILES string of the molecule is OCCN1CCC(Nc2c3c(nc4cc(O)c(O)cc24)CCC3)CC1. The Bertz CT molecular complexity index is 785. The number of anilines is 1. The molecule has 2 heterocycles. The molecule has 25 heavy (non-hydrogen) atoms. The molecule has 0 saturated carbocycles. The van der Waals surface area contributed by atoms with Crippen LogP contribution >= 0.6 is 0 Å². The Morgan fingerprint density at radius 2 is 1.88 bits per heavy atom. The quantitative estimate of drug-likeness (QED) is 0.635. The number of likely N-dealkylation sites (tertiary alicyclic amines) is 1. The molecular formula is C19H25N3O3. The van der Waals surface area contributed by atoms with Gasteiger partial charge in [0.15, 0.2) is 11.5 Å². The summed E-state index contributed by atoms with van der Waals surface area (Å²) in [5.41, 5.74) is 4.18. The molecule has 6 nitrogen and oxygen atoms in total. The molecular weight excluding hydrogens is 318 g/mol. The lowest BCUT2D eigenvalue weighted by Gasteiger charge is -2.33. The lowest BCUT2D eigenvalue weighted by molar-refractivity contribution is 0.168. The monoisotopic (exact) mass is 343 g/mol. The molecule has 1 fully saturated rings. The summed E-state index contributed by atoms with van der Waals surface area (Å²) in [6.07, 6.45) is 5.13. The van der Waals surface area contributed by atoms with Crippen molar-refractivity contribution in [3.63, 3.8) is 0 Å². The van der Waals surface area contributed by atoms with Gasteiger partial charge in [0.05, 0.1) is 12.1 Å². The van der Waals surface area contributed by atoms with Crippen LogP contribution in [0.2, 0.25) is 0 Å². The summed E-state index contributed by atoms with van der Waals surface area (Å²) >= 11 is 0. The van der Waals surface area contributed by atoms with Gasteiger partial charge < -0.3 is 25.5 Å². The number of pyridine rings is 1. The maximum absolute atomic E-state index is 9.95. The summed E-state index contributed by atoms with van der Waals surface area (Å²) in [7, 11) is 0. The summed E-state index contributed by atoms with van der Waals surface area (Å²) in [6.45, 7) is 2.92. The van der Waals surface area contributed by atoms with E-state index >= 15 is 0 Å². The van der Waals surface area contributed by atoms with Crippen LogP contribution in [0.1, 0.15) is 30.5 Å². The topological polar surface area (TPSA) is 88.9 Å². The Morgan fingerprint density at radius 1 is 1.12 bits per heavy atom. The van der Waals surface area contributed by atoms with Crippen molar-refractivity contribution >= 4 is 16.6 Å². The number of nitrogens with zero attached hydrogens (tertiary/aromatic N) is 2. The largest absolute Gasteiger partial charge is 0.504 e. The van der Waals surface area contributed by atoms with Crippen LogP contribution in [-0.4, -0.2) is 57.5 Å². The third-order valence-corrected chi connectivity index (χ3v) is 5.46. The average molecular weight is 343 g/mol. The first-order chi connectivity index (χ1) is 12.2. The van der Waals surface area contributed by atoms with Crippen LogP contribution in [0, 0.1) is 0 Å². The number of aliphatic hydroxyl groups is 1. The van der Waals surface area contributed by atoms with Gasteiger partial charge in [-0.2, -0.15) is 0 Å². The first-order valence-electron chi connectivity index (χ1n) is 9.13. The minimum Gasteiger partial charge on any atom is -0.504 e. The molecule has 4 N–H and O–H groups in total. The molecule has 0 spiro atoms. The summed E-state index contributed by atoms with van der Waals surface area (Å²) in [6, 6.07) is 3.55. The van der Waals surface area contributed by atoms with E-state index in [0.717, 1.165) is 74.0 Å². The number of phenolic OH excluding ortho intramolecular Hbond substituents is 2. The fourth-order valence-corrected chi connectivity index (χ4v) is 4.10. The maximum atomic E-state index is 9.95. The standard InChI is InChI=1S/C19H25N3O3/c23-9-8-22-6-4-12(5-7-22)20-19-13-2-1-3-15(13)21-16-11-18(25)17(24)10-14(16)19/h10-12,23-25H,1-9H2,(H,20,21). The van der Waals surface area contributed by atoms with E-state index in [2.05, 4.69) is 10.2 Å². The van der Waals surface area contributed by atoms with E-state index in [-0.39, 0.29) is 18.1 Å². The Morgan fingerprint density at radius 3 is 2.64 bits per heavy atom. The Hall–Kier alpha value is -2.05. The fourth-order valence-electron chi connectivity index (χ4n) is 4.10. The molecule has 0 atom stereocenters. The van der Waals surface area contributed by atoms with Crippen LogP contribution in [0.15, 0.2) is 12.1 Å².